The standard InChI is InChI=1S/C15H27NO4/c1-5-16(10-12-7-6-8-20-12)13(17)9-15(4,11(2)3)14(18)19/h11-12H,5-10H2,1-4H3,(H,18,19). The summed E-state index contributed by atoms with van der Waals surface area (Å²) in [6, 6.07) is 0. The van der Waals surface area contributed by atoms with Crippen molar-refractivity contribution in [3.05, 3.63) is 0 Å². The Morgan fingerprint density at radius 1 is 1.45 bits per heavy atom. The van der Waals surface area contributed by atoms with Crippen LogP contribution >= 0.6 is 0 Å². The second kappa shape index (κ2) is 7.07. The van der Waals surface area contributed by atoms with Crippen molar-refractivity contribution in [2.45, 2.75) is 53.1 Å². The number of carbonyl (C=O) groups excluding carboxylic acids is 1. The van der Waals surface area contributed by atoms with E-state index < -0.39 is 11.4 Å². The van der Waals surface area contributed by atoms with Crippen molar-refractivity contribution in [2.75, 3.05) is 19.7 Å². The predicted molar refractivity (Wildman–Crippen MR) is 76.4 cm³/mol. The third-order valence-corrected chi connectivity index (χ3v) is 4.46. The van der Waals surface area contributed by atoms with Crippen molar-refractivity contribution in [3.8, 4) is 0 Å². The fourth-order valence-electron chi connectivity index (χ4n) is 2.39. The number of ether oxygens (including phenoxy) is 1. The molecular weight excluding hydrogens is 258 g/mol. The Morgan fingerprint density at radius 2 is 2.10 bits per heavy atom. The third-order valence-electron chi connectivity index (χ3n) is 4.46. The largest absolute Gasteiger partial charge is 0.481 e. The van der Waals surface area contributed by atoms with E-state index in [4.69, 9.17) is 4.74 Å². The van der Waals surface area contributed by atoms with Gasteiger partial charge < -0.3 is 14.7 Å². The van der Waals surface area contributed by atoms with E-state index in [0.717, 1.165) is 19.4 Å². The van der Waals surface area contributed by atoms with E-state index in [1.54, 1.807) is 11.8 Å². The molecule has 1 heterocycles. The highest BCUT2D eigenvalue weighted by Crippen LogP contribution is 2.32. The highest BCUT2D eigenvalue weighted by molar-refractivity contribution is 5.85. The maximum atomic E-state index is 12.4. The van der Waals surface area contributed by atoms with E-state index in [9.17, 15) is 14.7 Å². The summed E-state index contributed by atoms with van der Waals surface area (Å²) in [5.74, 6) is -1.10. The number of amides is 1. The van der Waals surface area contributed by atoms with Gasteiger partial charge in [-0.25, -0.2) is 0 Å². The van der Waals surface area contributed by atoms with Gasteiger partial charge in [0.05, 0.1) is 11.5 Å². The summed E-state index contributed by atoms with van der Waals surface area (Å²) in [4.78, 5) is 25.6. The molecule has 0 bridgehead atoms. The molecule has 2 unspecified atom stereocenters. The maximum Gasteiger partial charge on any atom is 0.310 e. The van der Waals surface area contributed by atoms with Gasteiger partial charge in [-0.1, -0.05) is 13.8 Å². The molecule has 1 amide bonds. The molecule has 0 aromatic carbocycles. The molecule has 0 radical (unpaired) electrons. The third kappa shape index (κ3) is 3.95. The lowest BCUT2D eigenvalue weighted by molar-refractivity contribution is -0.155. The predicted octanol–water partition coefficient (Wildman–Crippen LogP) is 2.15. The van der Waals surface area contributed by atoms with Gasteiger partial charge in [0.2, 0.25) is 5.91 Å². The van der Waals surface area contributed by atoms with Gasteiger partial charge in [0.25, 0.3) is 0 Å². The molecule has 1 fully saturated rings. The first kappa shape index (κ1) is 17.0. The Kier molecular flexibility index (Phi) is 5.99. The Bertz CT molecular complexity index is 350. The van der Waals surface area contributed by atoms with Gasteiger partial charge >= 0.3 is 5.97 Å². The van der Waals surface area contributed by atoms with Crippen LogP contribution in [-0.2, 0) is 14.3 Å². The van der Waals surface area contributed by atoms with E-state index in [1.807, 2.05) is 20.8 Å². The molecule has 1 aliphatic rings. The molecule has 0 aromatic heterocycles. The summed E-state index contributed by atoms with van der Waals surface area (Å²) >= 11 is 0. The SMILES string of the molecule is CCN(CC1CCCO1)C(=O)CC(C)(C(=O)O)C(C)C. The molecule has 1 N–H and O–H groups in total. The summed E-state index contributed by atoms with van der Waals surface area (Å²) in [7, 11) is 0. The number of carboxylic acids is 1. The van der Waals surface area contributed by atoms with E-state index in [0.29, 0.717) is 13.1 Å². The zero-order chi connectivity index (χ0) is 15.3. The van der Waals surface area contributed by atoms with Crippen LogP contribution in [0.4, 0.5) is 0 Å². The first-order valence-electron chi connectivity index (χ1n) is 7.44. The lowest BCUT2D eigenvalue weighted by atomic mass is 9.76. The fraction of sp³-hybridized carbons (Fsp3) is 0.867. The first-order chi connectivity index (χ1) is 9.31. The van der Waals surface area contributed by atoms with Crippen molar-refractivity contribution >= 4 is 11.9 Å². The van der Waals surface area contributed by atoms with Crippen LogP contribution in [0.5, 0.6) is 0 Å². The maximum absolute atomic E-state index is 12.4. The molecule has 2 atom stereocenters. The monoisotopic (exact) mass is 285 g/mol. The molecular formula is C15H27NO4. The number of hydrogen-bond acceptors (Lipinski definition) is 3. The second-order valence-corrected chi connectivity index (χ2v) is 6.12. The quantitative estimate of drug-likeness (QED) is 0.778. The molecule has 0 aromatic rings. The van der Waals surface area contributed by atoms with E-state index >= 15 is 0 Å². The van der Waals surface area contributed by atoms with Gasteiger partial charge in [-0.2, -0.15) is 0 Å². The number of carbonyl (C=O) groups is 2. The van der Waals surface area contributed by atoms with Gasteiger partial charge in [0, 0.05) is 26.1 Å². The number of rotatable bonds is 7. The summed E-state index contributed by atoms with van der Waals surface area (Å²) in [6.07, 6.45) is 2.16. The zero-order valence-electron chi connectivity index (χ0n) is 13.0. The first-order valence-corrected chi connectivity index (χ1v) is 7.44. The molecule has 1 saturated heterocycles. The molecule has 5 nitrogen and oxygen atoms in total. The normalized spacial score (nSPS) is 21.8. The lowest BCUT2D eigenvalue weighted by Gasteiger charge is -2.32. The number of carboxylic acid groups (broad SMARTS) is 1. The molecule has 5 heteroatoms. The molecule has 1 rings (SSSR count). The molecule has 116 valence electrons. The summed E-state index contributed by atoms with van der Waals surface area (Å²) < 4.78 is 5.55. The summed E-state index contributed by atoms with van der Waals surface area (Å²) in [5.41, 5.74) is -1.01. The minimum atomic E-state index is -1.01. The van der Waals surface area contributed by atoms with Gasteiger partial charge in [0.15, 0.2) is 0 Å². The van der Waals surface area contributed by atoms with E-state index in [-0.39, 0.29) is 24.3 Å². The van der Waals surface area contributed by atoms with Crippen LogP contribution in [0.3, 0.4) is 0 Å². The smallest absolute Gasteiger partial charge is 0.310 e. The summed E-state index contributed by atoms with van der Waals surface area (Å²) in [6.45, 7) is 9.18. The number of hydrogen-bond donors (Lipinski definition) is 1. The van der Waals surface area contributed by atoms with Gasteiger partial charge in [-0.3, -0.25) is 9.59 Å². The fourth-order valence-corrected chi connectivity index (χ4v) is 2.39. The van der Waals surface area contributed by atoms with Crippen LogP contribution in [0.25, 0.3) is 0 Å². The van der Waals surface area contributed by atoms with E-state index in [2.05, 4.69) is 0 Å². The molecule has 1 aliphatic heterocycles. The van der Waals surface area contributed by atoms with Crippen molar-refractivity contribution in [1.29, 1.82) is 0 Å². The molecule has 0 spiro atoms. The van der Waals surface area contributed by atoms with Crippen molar-refractivity contribution in [3.63, 3.8) is 0 Å². The minimum absolute atomic E-state index is 0.0422. The Labute approximate surface area is 121 Å². The van der Waals surface area contributed by atoms with E-state index in [1.165, 1.54) is 0 Å². The number of nitrogens with zero attached hydrogens (tertiary/aromatic N) is 1. The van der Waals surface area contributed by atoms with Crippen molar-refractivity contribution in [2.24, 2.45) is 11.3 Å². The lowest BCUT2D eigenvalue weighted by Crippen LogP contribution is -2.43. The van der Waals surface area contributed by atoms with Gasteiger partial charge in [-0.05, 0) is 32.6 Å². The van der Waals surface area contributed by atoms with Crippen LogP contribution in [-0.4, -0.2) is 47.7 Å². The Morgan fingerprint density at radius 3 is 2.50 bits per heavy atom. The highest BCUT2D eigenvalue weighted by atomic mass is 16.5. The minimum Gasteiger partial charge on any atom is -0.481 e. The van der Waals surface area contributed by atoms with Crippen molar-refractivity contribution < 1.29 is 19.4 Å². The average molecular weight is 285 g/mol. The van der Waals surface area contributed by atoms with Gasteiger partial charge in [0.1, 0.15) is 0 Å². The number of aliphatic carboxylic acids is 1. The van der Waals surface area contributed by atoms with Crippen LogP contribution in [0.2, 0.25) is 0 Å². The summed E-state index contributed by atoms with van der Waals surface area (Å²) in [5, 5.41) is 9.40. The van der Waals surface area contributed by atoms with Crippen LogP contribution in [0.15, 0.2) is 0 Å². The van der Waals surface area contributed by atoms with Crippen LogP contribution in [0, 0.1) is 11.3 Å². The Balaban J connectivity index is 2.67. The van der Waals surface area contributed by atoms with Crippen LogP contribution in [0.1, 0.15) is 47.0 Å². The Hall–Kier alpha value is -1.10. The average Bonchev–Trinajstić information content (AvgIpc) is 2.87. The molecule has 0 aliphatic carbocycles. The van der Waals surface area contributed by atoms with Crippen LogP contribution < -0.4 is 0 Å². The molecule has 0 saturated carbocycles. The zero-order valence-corrected chi connectivity index (χ0v) is 13.0. The topological polar surface area (TPSA) is 66.8 Å². The van der Waals surface area contributed by atoms with Gasteiger partial charge in [-0.15, -0.1) is 0 Å². The highest BCUT2D eigenvalue weighted by Gasteiger charge is 2.40. The van der Waals surface area contributed by atoms with Crippen molar-refractivity contribution in [1.82, 2.24) is 4.90 Å². The second-order valence-electron chi connectivity index (χ2n) is 6.12. The molecule has 20 heavy (non-hydrogen) atoms. The number of likely N-dealkylation sites (N-methyl/N-ethyl adjacent to an activating group) is 1.